The molecule has 0 fully saturated rings. The Morgan fingerprint density at radius 1 is 1.06 bits per heavy atom. The summed E-state index contributed by atoms with van der Waals surface area (Å²) in [7, 11) is 3.80. The molecule has 2 aliphatic rings. The van der Waals surface area contributed by atoms with E-state index in [0.29, 0.717) is 5.95 Å². The number of nitrogens with zero attached hydrogens (tertiary/aromatic N) is 6. The highest BCUT2D eigenvalue weighted by atomic mass is 16.2. The van der Waals surface area contributed by atoms with Crippen molar-refractivity contribution in [2.75, 3.05) is 27.5 Å². The molecule has 3 heterocycles. The summed E-state index contributed by atoms with van der Waals surface area (Å²) in [6, 6.07) is 7.83. The van der Waals surface area contributed by atoms with Gasteiger partial charge in [0.05, 0.1) is 17.1 Å². The number of fused-ring (bicyclic) bond motifs is 2. The number of amides is 1. The van der Waals surface area contributed by atoms with Gasteiger partial charge in [0.15, 0.2) is 0 Å². The smallest absolute Gasteiger partial charge is 0.249 e. The Labute approximate surface area is 200 Å². The molecule has 0 radical (unpaired) electrons. The average Bonchev–Trinajstić information content (AvgIpc) is 3.12. The number of nitrogens with one attached hydrogen (secondary N) is 2. The first-order chi connectivity index (χ1) is 16.3. The summed E-state index contributed by atoms with van der Waals surface area (Å²) >= 11 is 0. The molecule has 9 heteroatoms. The minimum Gasteiger partial charge on any atom is -0.356 e. The standard InChI is InChI=1S/C25H32N8O/c1-15(2)33-16(3)24(34)31(4)20-11-10-17(14-21(20)33)27-25-26-13-12-22(29-25)28-23-18-8-6-7-9-19(18)30-32(23)5/h10-16H,6-9H2,1-5H3,(H2,26,27,28,29). The van der Waals surface area contributed by atoms with Crippen LogP contribution in [0.3, 0.4) is 0 Å². The first-order valence-corrected chi connectivity index (χ1v) is 11.9. The van der Waals surface area contributed by atoms with Gasteiger partial charge in [0.25, 0.3) is 0 Å². The van der Waals surface area contributed by atoms with E-state index >= 15 is 0 Å². The molecule has 0 saturated carbocycles. The van der Waals surface area contributed by atoms with Crippen molar-refractivity contribution in [3.8, 4) is 0 Å². The summed E-state index contributed by atoms with van der Waals surface area (Å²) in [5.41, 5.74) is 5.27. The monoisotopic (exact) mass is 460 g/mol. The van der Waals surface area contributed by atoms with Gasteiger partial charge < -0.3 is 20.4 Å². The van der Waals surface area contributed by atoms with E-state index in [9.17, 15) is 4.79 Å². The zero-order chi connectivity index (χ0) is 24.0. The number of hydrogen-bond donors (Lipinski definition) is 2. The molecule has 9 nitrogen and oxygen atoms in total. The molecule has 1 aromatic carbocycles. The highest BCUT2D eigenvalue weighted by Gasteiger charge is 2.35. The van der Waals surface area contributed by atoms with Crippen LogP contribution in [0.4, 0.5) is 34.6 Å². The number of benzene rings is 1. The van der Waals surface area contributed by atoms with Crippen LogP contribution in [-0.4, -0.2) is 44.8 Å². The van der Waals surface area contributed by atoms with E-state index in [1.54, 1.807) is 11.1 Å². The van der Waals surface area contributed by atoms with Crippen LogP contribution in [0.15, 0.2) is 30.5 Å². The van der Waals surface area contributed by atoms with E-state index in [1.165, 1.54) is 24.1 Å². The highest BCUT2D eigenvalue weighted by molar-refractivity contribution is 6.05. The van der Waals surface area contributed by atoms with Crippen molar-refractivity contribution in [2.24, 2.45) is 7.05 Å². The minimum absolute atomic E-state index is 0.0985. The number of aromatic nitrogens is 4. The summed E-state index contributed by atoms with van der Waals surface area (Å²) < 4.78 is 1.91. The third-order valence-electron chi connectivity index (χ3n) is 6.75. The van der Waals surface area contributed by atoms with Crippen molar-refractivity contribution in [2.45, 2.75) is 58.5 Å². The van der Waals surface area contributed by atoms with Crippen LogP contribution in [0, 0.1) is 0 Å². The Morgan fingerprint density at radius 2 is 1.85 bits per heavy atom. The molecule has 1 aliphatic carbocycles. The Morgan fingerprint density at radius 3 is 2.65 bits per heavy atom. The van der Waals surface area contributed by atoms with E-state index in [4.69, 9.17) is 0 Å². The lowest BCUT2D eigenvalue weighted by atomic mass is 9.97. The van der Waals surface area contributed by atoms with Gasteiger partial charge >= 0.3 is 0 Å². The van der Waals surface area contributed by atoms with Gasteiger partial charge in [-0.2, -0.15) is 10.1 Å². The number of rotatable bonds is 5. The van der Waals surface area contributed by atoms with Crippen molar-refractivity contribution in [3.05, 3.63) is 41.7 Å². The summed E-state index contributed by atoms with van der Waals surface area (Å²) in [5, 5.41) is 11.5. The van der Waals surface area contributed by atoms with Gasteiger partial charge in [0, 0.05) is 37.6 Å². The predicted octanol–water partition coefficient (Wildman–Crippen LogP) is 4.16. The fourth-order valence-corrected chi connectivity index (χ4v) is 5.12. The largest absolute Gasteiger partial charge is 0.356 e. The molecule has 0 bridgehead atoms. The fraction of sp³-hybridized carbons (Fsp3) is 0.440. The van der Waals surface area contributed by atoms with Gasteiger partial charge in [0.1, 0.15) is 17.7 Å². The first-order valence-electron chi connectivity index (χ1n) is 11.9. The van der Waals surface area contributed by atoms with Crippen LogP contribution in [0.1, 0.15) is 44.9 Å². The maximum atomic E-state index is 12.7. The van der Waals surface area contributed by atoms with Gasteiger partial charge in [-0.15, -0.1) is 0 Å². The van der Waals surface area contributed by atoms with Crippen molar-refractivity contribution in [1.29, 1.82) is 0 Å². The predicted molar refractivity (Wildman–Crippen MR) is 135 cm³/mol. The van der Waals surface area contributed by atoms with Gasteiger partial charge in [-0.1, -0.05) is 0 Å². The summed E-state index contributed by atoms with van der Waals surface area (Å²) in [4.78, 5) is 25.7. The van der Waals surface area contributed by atoms with Crippen molar-refractivity contribution >= 4 is 40.6 Å². The lowest BCUT2D eigenvalue weighted by molar-refractivity contribution is -0.119. The Balaban J connectivity index is 1.41. The molecule has 178 valence electrons. The van der Waals surface area contributed by atoms with Crippen LogP contribution in [0.2, 0.25) is 0 Å². The molecule has 3 aromatic rings. The Kier molecular flexibility index (Phi) is 5.63. The number of carbonyl (C=O) groups excluding carboxylic acids is 1. The number of aryl methyl sites for hydroxylation is 2. The molecule has 0 spiro atoms. The molecule has 5 rings (SSSR count). The maximum Gasteiger partial charge on any atom is 0.249 e. The van der Waals surface area contributed by atoms with Gasteiger partial charge in [-0.25, -0.2) is 4.98 Å². The molecule has 0 saturated heterocycles. The van der Waals surface area contributed by atoms with E-state index in [2.05, 4.69) is 50.5 Å². The van der Waals surface area contributed by atoms with Crippen molar-refractivity contribution in [3.63, 3.8) is 0 Å². The summed E-state index contributed by atoms with van der Waals surface area (Å²) in [5.74, 6) is 2.32. The molecular weight excluding hydrogens is 428 g/mol. The van der Waals surface area contributed by atoms with Gasteiger partial charge in [0.2, 0.25) is 11.9 Å². The normalized spacial score (nSPS) is 17.6. The molecule has 34 heavy (non-hydrogen) atoms. The van der Waals surface area contributed by atoms with E-state index in [0.717, 1.165) is 41.5 Å². The molecule has 1 atom stereocenters. The molecular formula is C25H32N8O. The van der Waals surface area contributed by atoms with E-state index < -0.39 is 0 Å². The number of carbonyl (C=O) groups is 1. The fourth-order valence-electron chi connectivity index (χ4n) is 5.12. The lowest BCUT2D eigenvalue weighted by Gasteiger charge is -2.42. The number of anilines is 6. The molecule has 2 N–H and O–H groups in total. The van der Waals surface area contributed by atoms with Crippen LogP contribution in [0.25, 0.3) is 0 Å². The lowest BCUT2D eigenvalue weighted by Crippen LogP contribution is -2.53. The van der Waals surface area contributed by atoms with Crippen molar-refractivity contribution in [1.82, 2.24) is 19.7 Å². The number of hydrogen-bond acceptors (Lipinski definition) is 7. The summed E-state index contributed by atoms with van der Waals surface area (Å²) in [6.07, 6.45) is 6.21. The molecule has 1 aliphatic heterocycles. The highest BCUT2D eigenvalue weighted by Crippen LogP contribution is 2.39. The topological polar surface area (TPSA) is 91.2 Å². The SMILES string of the molecule is CC(C)N1c2cc(Nc3nccc(Nc4c5c(nn4C)CCCC5)n3)ccc2N(C)C(=O)C1C. The maximum absolute atomic E-state index is 12.7. The minimum atomic E-state index is -0.221. The zero-order valence-corrected chi connectivity index (χ0v) is 20.5. The van der Waals surface area contributed by atoms with Gasteiger partial charge in [-0.3, -0.25) is 9.48 Å². The average molecular weight is 461 g/mol. The first kappa shape index (κ1) is 22.2. The number of likely N-dealkylation sites (N-methyl/N-ethyl adjacent to an activating group) is 1. The zero-order valence-electron chi connectivity index (χ0n) is 20.5. The van der Waals surface area contributed by atoms with Crippen LogP contribution < -0.4 is 20.4 Å². The van der Waals surface area contributed by atoms with Crippen molar-refractivity contribution < 1.29 is 4.79 Å². The van der Waals surface area contributed by atoms with Gasteiger partial charge in [-0.05, 0) is 70.7 Å². The summed E-state index contributed by atoms with van der Waals surface area (Å²) in [6.45, 7) is 6.17. The Bertz CT molecular complexity index is 1230. The van der Waals surface area contributed by atoms with E-state index in [1.807, 2.05) is 43.9 Å². The van der Waals surface area contributed by atoms with Crippen LogP contribution >= 0.6 is 0 Å². The second-order valence-corrected chi connectivity index (χ2v) is 9.40. The van der Waals surface area contributed by atoms with Crippen LogP contribution in [0.5, 0.6) is 0 Å². The molecule has 2 aromatic heterocycles. The van der Waals surface area contributed by atoms with Crippen LogP contribution in [-0.2, 0) is 24.7 Å². The third kappa shape index (κ3) is 3.85. The molecule has 1 amide bonds. The van der Waals surface area contributed by atoms with E-state index in [-0.39, 0.29) is 18.0 Å². The Hall–Kier alpha value is -3.62. The second kappa shape index (κ2) is 8.62. The quantitative estimate of drug-likeness (QED) is 0.591. The third-order valence-corrected chi connectivity index (χ3v) is 6.75. The second-order valence-electron chi connectivity index (χ2n) is 9.40. The molecule has 1 unspecified atom stereocenters.